The molecular weight excluding hydrogens is 367 g/mol. The summed E-state index contributed by atoms with van der Waals surface area (Å²) in [7, 11) is 1.70. The van der Waals surface area contributed by atoms with Crippen LogP contribution >= 0.6 is 0 Å². The molecule has 144 valence electrons. The summed E-state index contributed by atoms with van der Waals surface area (Å²) in [5.41, 5.74) is 5.79. The Balaban J connectivity index is 2.46. The number of rotatable bonds is 3. The van der Waals surface area contributed by atoms with Gasteiger partial charge in [-0.3, -0.25) is 4.40 Å². The topological polar surface area (TPSA) is 129 Å². The Kier molecular flexibility index (Phi) is 4.25. The Hall–Kier alpha value is -2.89. The number of fused-ring (bicyclic) bond motifs is 1. The van der Waals surface area contributed by atoms with Gasteiger partial charge in [0, 0.05) is 18.3 Å². The molecule has 0 radical (unpaired) electrons. The second kappa shape index (κ2) is 6.08. The molecule has 0 bridgehead atoms. The molecule has 0 aliphatic rings. The highest BCUT2D eigenvalue weighted by molar-refractivity contribution is 5.87. The molecule has 1 aromatic carbocycles. The molecule has 2 heterocycles. The van der Waals surface area contributed by atoms with Crippen molar-refractivity contribution in [2.45, 2.75) is 19.1 Å². The predicted molar refractivity (Wildman–Crippen MR) is 90.5 cm³/mol. The molecule has 27 heavy (non-hydrogen) atoms. The van der Waals surface area contributed by atoms with Crippen molar-refractivity contribution >= 4 is 17.0 Å². The maximum Gasteiger partial charge on any atom is 0.433 e. The monoisotopic (exact) mass is 383 g/mol. The first-order valence-electron chi connectivity index (χ1n) is 7.65. The SMILES string of the molecule is CNc1ccc(-c2nc(C(O)(O)O)n3c(C(F)(F)F)cnc(N)c23)c(C)c1. The van der Waals surface area contributed by atoms with Gasteiger partial charge < -0.3 is 26.4 Å². The standard InChI is InChI=1S/C16H16F3N5O3/c1-7-5-8(21-2)3-4-9(7)11-12-13(20)22-6-10(15(17,18)19)24(12)14(23-11)16(25,26)27/h3-6,21,25-27H,1-2H3,(H2,20,22). The smallest absolute Gasteiger partial charge is 0.388 e. The average Bonchev–Trinajstić information content (AvgIpc) is 2.95. The van der Waals surface area contributed by atoms with Crippen LogP contribution in [-0.2, 0) is 12.1 Å². The van der Waals surface area contributed by atoms with Crippen molar-refractivity contribution in [2.75, 3.05) is 18.1 Å². The van der Waals surface area contributed by atoms with E-state index in [4.69, 9.17) is 5.73 Å². The van der Waals surface area contributed by atoms with Gasteiger partial charge in [-0.05, 0) is 24.6 Å². The molecule has 11 heteroatoms. The molecule has 0 aliphatic carbocycles. The third-order valence-electron chi connectivity index (χ3n) is 4.05. The number of alkyl halides is 3. The van der Waals surface area contributed by atoms with Crippen LogP contribution in [0, 0.1) is 6.92 Å². The van der Waals surface area contributed by atoms with Crippen molar-refractivity contribution in [2.24, 2.45) is 0 Å². The van der Waals surface area contributed by atoms with Gasteiger partial charge in [0.1, 0.15) is 22.7 Å². The zero-order valence-corrected chi connectivity index (χ0v) is 14.2. The third-order valence-corrected chi connectivity index (χ3v) is 4.05. The first-order valence-corrected chi connectivity index (χ1v) is 7.65. The van der Waals surface area contributed by atoms with E-state index in [-0.39, 0.29) is 17.0 Å². The minimum atomic E-state index is -4.91. The van der Waals surface area contributed by atoms with Crippen molar-refractivity contribution in [3.05, 3.63) is 41.5 Å². The molecule has 3 rings (SSSR count). The lowest BCUT2D eigenvalue weighted by molar-refractivity contribution is -0.329. The van der Waals surface area contributed by atoms with Gasteiger partial charge >= 0.3 is 12.1 Å². The summed E-state index contributed by atoms with van der Waals surface area (Å²) in [4.78, 5) is 7.41. The number of aryl methyl sites for hydroxylation is 1. The number of imidazole rings is 1. The van der Waals surface area contributed by atoms with Gasteiger partial charge in [-0.15, -0.1) is 0 Å². The summed E-state index contributed by atoms with van der Waals surface area (Å²) in [6.07, 6.45) is -4.48. The first-order chi connectivity index (χ1) is 12.4. The van der Waals surface area contributed by atoms with Gasteiger partial charge in [-0.2, -0.15) is 13.2 Å². The summed E-state index contributed by atoms with van der Waals surface area (Å²) in [6.45, 7) is 1.70. The summed E-state index contributed by atoms with van der Waals surface area (Å²) >= 11 is 0. The van der Waals surface area contributed by atoms with Gasteiger partial charge in [0.2, 0.25) is 5.82 Å². The summed E-state index contributed by atoms with van der Waals surface area (Å²) in [5.74, 6) is -5.00. The summed E-state index contributed by atoms with van der Waals surface area (Å²) in [6, 6.07) is 4.97. The van der Waals surface area contributed by atoms with Crippen LogP contribution in [0.25, 0.3) is 16.8 Å². The Morgan fingerprint density at radius 3 is 2.37 bits per heavy atom. The highest BCUT2D eigenvalue weighted by Crippen LogP contribution is 2.38. The number of anilines is 2. The molecule has 0 saturated carbocycles. The number of benzene rings is 1. The minimum absolute atomic E-state index is 0.0808. The maximum absolute atomic E-state index is 13.4. The van der Waals surface area contributed by atoms with E-state index in [0.29, 0.717) is 21.7 Å². The van der Waals surface area contributed by atoms with Gasteiger partial charge in [0.15, 0.2) is 0 Å². The second-order valence-electron chi connectivity index (χ2n) is 5.91. The molecule has 8 nitrogen and oxygen atoms in total. The van der Waals surface area contributed by atoms with E-state index in [1.54, 1.807) is 32.2 Å². The van der Waals surface area contributed by atoms with Crippen LogP contribution in [0.4, 0.5) is 24.7 Å². The summed E-state index contributed by atoms with van der Waals surface area (Å²) in [5, 5.41) is 31.6. The van der Waals surface area contributed by atoms with Crippen LogP contribution in [-0.4, -0.2) is 36.7 Å². The lowest BCUT2D eigenvalue weighted by Gasteiger charge is -2.16. The van der Waals surface area contributed by atoms with E-state index in [9.17, 15) is 28.5 Å². The van der Waals surface area contributed by atoms with Gasteiger partial charge in [-0.1, -0.05) is 6.07 Å². The maximum atomic E-state index is 13.4. The molecule has 6 N–H and O–H groups in total. The number of nitrogens with two attached hydrogens (primary N) is 1. The fourth-order valence-corrected chi connectivity index (χ4v) is 2.84. The normalized spacial score (nSPS) is 12.6. The molecule has 0 unspecified atom stereocenters. The zero-order valence-electron chi connectivity index (χ0n) is 14.2. The Morgan fingerprint density at radius 2 is 1.85 bits per heavy atom. The first kappa shape index (κ1) is 18.9. The van der Waals surface area contributed by atoms with Crippen LogP contribution in [0.1, 0.15) is 17.1 Å². The molecule has 0 spiro atoms. The van der Waals surface area contributed by atoms with Gasteiger partial charge in [0.05, 0.1) is 6.20 Å². The number of hydrogen-bond acceptors (Lipinski definition) is 7. The highest BCUT2D eigenvalue weighted by Gasteiger charge is 2.40. The number of nitrogen functional groups attached to an aromatic ring is 1. The number of aromatic nitrogens is 3. The Morgan fingerprint density at radius 1 is 1.19 bits per heavy atom. The highest BCUT2D eigenvalue weighted by atomic mass is 19.4. The third kappa shape index (κ3) is 3.16. The summed E-state index contributed by atoms with van der Waals surface area (Å²) < 4.78 is 40.6. The number of nitrogens with one attached hydrogen (secondary N) is 1. The number of halogens is 3. The van der Waals surface area contributed by atoms with Crippen LogP contribution in [0.5, 0.6) is 0 Å². The van der Waals surface area contributed by atoms with E-state index < -0.39 is 23.7 Å². The Labute approximate surface area is 150 Å². The largest absolute Gasteiger partial charge is 0.433 e. The lowest BCUT2D eigenvalue weighted by atomic mass is 10.0. The molecule has 0 fully saturated rings. The fraction of sp³-hybridized carbons (Fsp3) is 0.250. The quantitative estimate of drug-likeness (QED) is 0.433. The molecule has 0 atom stereocenters. The van der Waals surface area contributed by atoms with Crippen molar-refractivity contribution < 1.29 is 28.5 Å². The average molecular weight is 383 g/mol. The molecule has 3 aromatic rings. The van der Waals surface area contributed by atoms with E-state index >= 15 is 0 Å². The van der Waals surface area contributed by atoms with E-state index in [1.165, 1.54) is 0 Å². The molecule has 0 aliphatic heterocycles. The number of hydrogen-bond donors (Lipinski definition) is 5. The van der Waals surface area contributed by atoms with Crippen LogP contribution in [0.3, 0.4) is 0 Å². The van der Waals surface area contributed by atoms with Crippen molar-refractivity contribution in [3.63, 3.8) is 0 Å². The minimum Gasteiger partial charge on any atom is -0.388 e. The predicted octanol–water partition coefficient (Wildman–Crippen LogP) is 1.43. The second-order valence-corrected chi connectivity index (χ2v) is 5.91. The van der Waals surface area contributed by atoms with Gasteiger partial charge in [-0.25, -0.2) is 9.97 Å². The van der Waals surface area contributed by atoms with E-state index in [2.05, 4.69) is 15.3 Å². The lowest BCUT2D eigenvalue weighted by Crippen LogP contribution is -2.29. The van der Waals surface area contributed by atoms with Crippen molar-refractivity contribution in [3.8, 4) is 11.3 Å². The van der Waals surface area contributed by atoms with E-state index in [0.717, 1.165) is 5.69 Å². The van der Waals surface area contributed by atoms with Crippen molar-refractivity contribution in [1.82, 2.24) is 14.4 Å². The number of aliphatic hydroxyl groups is 3. The molecular formula is C16H16F3N5O3. The van der Waals surface area contributed by atoms with Crippen LogP contribution in [0.15, 0.2) is 24.4 Å². The fourth-order valence-electron chi connectivity index (χ4n) is 2.84. The van der Waals surface area contributed by atoms with Crippen LogP contribution in [0.2, 0.25) is 0 Å². The van der Waals surface area contributed by atoms with Gasteiger partial charge in [0.25, 0.3) is 0 Å². The zero-order chi connectivity index (χ0) is 20.1. The van der Waals surface area contributed by atoms with E-state index in [1.807, 2.05) is 0 Å². The molecule has 0 amide bonds. The van der Waals surface area contributed by atoms with Crippen molar-refractivity contribution in [1.29, 1.82) is 0 Å². The molecule has 0 saturated heterocycles. The van der Waals surface area contributed by atoms with Crippen LogP contribution < -0.4 is 11.1 Å². The number of nitrogens with zero attached hydrogens (tertiary/aromatic N) is 3. The molecule has 2 aromatic heterocycles. The Bertz CT molecular complexity index is 1020.